The Morgan fingerprint density at radius 2 is 2.05 bits per heavy atom. The van der Waals surface area contributed by atoms with Crippen molar-refractivity contribution < 1.29 is 9.94 Å². The van der Waals surface area contributed by atoms with Gasteiger partial charge >= 0.3 is 0 Å². The third kappa shape index (κ3) is 2.44. The number of benzene rings is 1. The molecule has 0 aliphatic heterocycles. The van der Waals surface area contributed by atoms with Gasteiger partial charge in [0.2, 0.25) is 5.88 Å². The van der Waals surface area contributed by atoms with Gasteiger partial charge in [0.1, 0.15) is 11.7 Å². The summed E-state index contributed by atoms with van der Waals surface area (Å²) in [6.07, 6.45) is 1.23. The molecule has 1 aromatic carbocycles. The maximum Gasteiger partial charge on any atom is 0.286 e. The smallest absolute Gasteiger partial charge is 0.286 e. The summed E-state index contributed by atoms with van der Waals surface area (Å²) in [6.45, 7) is 0.517. The van der Waals surface area contributed by atoms with Crippen LogP contribution in [-0.4, -0.2) is 27.0 Å². The van der Waals surface area contributed by atoms with Gasteiger partial charge in [0.25, 0.3) is 5.56 Å². The monoisotopic (exact) mass is 298 g/mol. The topological polar surface area (TPSA) is 89.3 Å². The van der Waals surface area contributed by atoms with E-state index in [1.165, 1.54) is 19.5 Å². The van der Waals surface area contributed by atoms with E-state index in [1.54, 1.807) is 0 Å². The molecule has 3 aromatic rings. The predicted octanol–water partition coefficient (Wildman–Crippen LogP) is 1.65. The van der Waals surface area contributed by atoms with Crippen LogP contribution in [0, 0.1) is 0 Å². The Balaban J connectivity index is 2.08. The van der Waals surface area contributed by atoms with E-state index < -0.39 is 5.56 Å². The highest BCUT2D eigenvalue weighted by molar-refractivity contribution is 5.93. The van der Waals surface area contributed by atoms with Crippen LogP contribution in [0.25, 0.3) is 11.0 Å². The number of aromatic nitrogens is 3. The number of hydrogen-bond donors (Lipinski definition) is 2. The lowest BCUT2D eigenvalue weighted by Gasteiger charge is -2.12. The first-order valence-corrected chi connectivity index (χ1v) is 6.62. The predicted molar refractivity (Wildman–Crippen MR) is 81.3 cm³/mol. The zero-order chi connectivity index (χ0) is 15.5. The van der Waals surface area contributed by atoms with Crippen LogP contribution in [0.15, 0.2) is 47.5 Å². The fourth-order valence-electron chi connectivity index (χ4n) is 2.21. The van der Waals surface area contributed by atoms with Gasteiger partial charge in [0.05, 0.1) is 12.8 Å². The number of rotatable bonds is 4. The van der Waals surface area contributed by atoms with E-state index in [9.17, 15) is 10.0 Å². The van der Waals surface area contributed by atoms with Gasteiger partial charge in [-0.3, -0.25) is 4.79 Å². The summed E-state index contributed by atoms with van der Waals surface area (Å²) < 4.78 is 5.68. The van der Waals surface area contributed by atoms with Crippen molar-refractivity contribution in [2.45, 2.75) is 6.54 Å². The minimum atomic E-state index is -0.580. The average molecular weight is 298 g/mol. The zero-order valence-electron chi connectivity index (χ0n) is 11.9. The van der Waals surface area contributed by atoms with Gasteiger partial charge in [-0.05, 0) is 5.56 Å². The van der Waals surface area contributed by atoms with Crippen molar-refractivity contribution in [2.75, 3.05) is 12.4 Å². The lowest BCUT2D eigenvalue weighted by Crippen LogP contribution is -2.19. The number of nitrogens with zero attached hydrogens (tertiary/aromatic N) is 3. The van der Waals surface area contributed by atoms with Crippen molar-refractivity contribution in [1.82, 2.24) is 14.7 Å². The lowest BCUT2D eigenvalue weighted by molar-refractivity contribution is 0.186. The number of ether oxygens (including phenoxy) is 1. The van der Waals surface area contributed by atoms with Crippen LogP contribution in [0.3, 0.4) is 0 Å². The molecule has 0 saturated carbocycles. The fraction of sp³-hybridized carbons (Fsp3) is 0.133. The van der Waals surface area contributed by atoms with Crippen LogP contribution in [-0.2, 0) is 6.54 Å². The molecule has 0 fully saturated rings. The molecular formula is C15H14N4O3. The highest BCUT2D eigenvalue weighted by Crippen LogP contribution is 2.27. The van der Waals surface area contributed by atoms with Crippen molar-refractivity contribution in [3.63, 3.8) is 0 Å². The van der Waals surface area contributed by atoms with Crippen molar-refractivity contribution >= 4 is 16.7 Å². The van der Waals surface area contributed by atoms with E-state index in [1.807, 2.05) is 30.3 Å². The molecule has 22 heavy (non-hydrogen) atoms. The number of pyridine rings is 1. The largest absolute Gasteiger partial charge is 0.480 e. The minimum absolute atomic E-state index is 0.0925. The van der Waals surface area contributed by atoms with Crippen LogP contribution in [0.5, 0.6) is 5.88 Å². The third-order valence-electron chi connectivity index (χ3n) is 3.26. The van der Waals surface area contributed by atoms with Gasteiger partial charge in [0.15, 0.2) is 5.65 Å². The summed E-state index contributed by atoms with van der Waals surface area (Å²) in [5.74, 6) is 0.281. The second kappa shape index (κ2) is 5.72. The Morgan fingerprint density at radius 3 is 2.77 bits per heavy atom. The number of anilines is 1. The summed E-state index contributed by atoms with van der Waals surface area (Å²) in [4.78, 5) is 19.8. The summed E-state index contributed by atoms with van der Waals surface area (Å²) in [5.41, 5.74) is 1.07. The summed E-state index contributed by atoms with van der Waals surface area (Å²) >= 11 is 0. The third-order valence-corrected chi connectivity index (χ3v) is 3.26. The molecule has 0 spiro atoms. The number of fused-ring (bicyclic) bond motifs is 1. The molecular weight excluding hydrogens is 284 g/mol. The van der Waals surface area contributed by atoms with Crippen molar-refractivity contribution in [2.24, 2.45) is 0 Å². The first-order chi connectivity index (χ1) is 10.7. The summed E-state index contributed by atoms with van der Waals surface area (Å²) in [7, 11) is 1.47. The quantitative estimate of drug-likeness (QED) is 0.712. The molecule has 7 heteroatoms. The molecule has 112 valence electrons. The summed E-state index contributed by atoms with van der Waals surface area (Å²) in [6, 6.07) is 11.0. The molecule has 0 saturated heterocycles. The minimum Gasteiger partial charge on any atom is -0.480 e. The molecule has 0 atom stereocenters. The van der Waals surface area contributed by atoms with Gasteiger partial charge in [0, 0.05) is 12.6 Å². The fourth-order valence-corrected chi connectivity index (χ4v) is 2.21. The van der Waals surface area contributed by atoms with Crippen molar-refractivity contribution in [3.8, 4) is 5.88 Å². The normalized spacial score (nSPS) is 10.6. The van der Waals surface area contributed by atoms with Crippen LogP contribution < -0.4 is 15.6 Å². The molecule has 2 heterocycles. The summed E-state index contributed by atoms with van der Waals surface area (Å²) in [5, 5.41) is 13.4. The van der Waals surface area contributed by atoms with Gasteiger partial charge in [-0.1, -0.05) is 30.3 Å². The standard InChI is InChI=1S/C15H14N4O3/c1-22-15-13-11(16-8-10-5-3-2-4-6-10)7-12(20)19(21)14(13)17-9-18-15/h2-7,9,16,21H,8H2,1H3. The molecule has 0 aliphatic rings. The van der Waals surface area contributed by atoms with Crippen LogP contribution >= 0.6 is 0 Å². The van der Waals surface area contributed by atoms with Gasteiger partial charge < -0.3 is 15.3 Å². The average Bonchev–Trinajstić information content (AvgIpc) is 2.57. The second-order valence-corrected chi connectivity index (χ2v) is 4.63. The van der Waals surface area contributed by atoms with E-state index in [0.29, 0.717) is 22.3 Å². The van der Waals surface area contributed by atoms with Gasteiger partial charge in [-0.15, -0.1) is 4.73 Å². The molecule has 3 rings (SSSR count). The number of nitrogens with one attached hydrogen (secondary N) is 1. The molecule has 0 radical (unpaired) electrons. The number of hydrogen-bond acceptors (Lipinski definition) is 6. The van der Waals surface area contributed by atoms with Crippen LogP contribution in [0.2, 0.25) is 0 Å². The molecule has 7 nitrogen and oxygen atoms in total. The second-order valence-electron chi connectivity index (χ2n) is 4.63. The first kappa shape index (κ1) is 13.9. The molecule has 0 unspecified atom stereocenters. The SMILES string of the molecule is COc1ncnc2c1c(NCc1ccccc1)cc(=O)n2O. The molecule has 0 bridgehead atoms. The van der Waals surface area contributed by atoms with E-state index in [2.05, 4.69) is 15.3 Å². The Labute approximate surface area is 125 Å². The number of methoxy groups -OCH3 is 1. The lowest BCUT2D eigenvalue weighted by atomic mass is 10.2. The van der Waals surface area contributed by atoms with Gasteiger partial charge in [-0.2, -0.15) is 0 Å². The Morgan fingerprint density at radius 1 is 1.27 bits per heavy atom. The maximum atomic E-state index is 11.8. The van der Waals surface area contributed by atoms with E-state index in [0.717, 1.165) is 5.56 Å². The van der Waals surface area contributed by atoms with E-state index in [4.69, 9.17) is 4.74 Å². The molecule has 0 aliphatic carbocycles. The maximum absolute atomic E-state index is 11.8. The highest BCUT2D eigenvalue weighted by Gasteiger charge is 2.15. The molecule has 2 N–H and O–H groups in total. The van der Waals surface area contributed by atoms with Crippen molar-refractivity contribution in [3.05, 3.63) is 58.6 Å². The molecule has 2 aromatic heterocycles. The Hall–Kier alpha value is -3.09. The van der Waals surface area contributed by atoms with E-state index >= 15 is 0 Å². The van der Waals surface area contributed by atoms with Crippen molar-refractivity contribution in [1.29, 1.82) is 0 Å². The highest BCUT2D eigenvalue weighted by atomic mass is 16.5. The van der Waals surface area contributed by atoms with E-state index in [-0.39, 0.29) is 11.5 Å². The van der Waals surface area contributed by atoms with Crippen LogP contribution in [0.1, 0.15) is 5.56 Å². The van der Waals surface area contributed by atoms with Gasteiger partial charge in [-0.25, -0.2) is 9.97 Å². The van der Waals surface area contributed by atoms with Crippen LogP contribution in [0.4, 0.5) is 5.69 Å². The first-order valence-electron chi connectivity index (χ1n) is 6.62. The zero-order valence-corrected chi connectivity index (χ0v) is 11.9. The Kier molecular flexibility index (Phi) is 3.61. The molecule has 0 amide bonds. The Bertz CT molecular complexity index is 862.